The number of benzene rings is 1. The molecular weight excluding hydrogens is 316 g/mol. The van der Waals surface area contributed by atoms with E-state index >= 15 is 0 Å². The molecule has 1 unspecified atom stereocenters. The average Bonchev–Trinajstić information content (AvgIpc) is 2.67. The molecule has 0 saturated carbocycles. The molecule has 0 amide bonds. The molecule has 0 N–H and O–H groups in total. The van der Waals surface area contributed by atoms with Crippen LogP contribution in [0.5, 0.6) is 0 Å². The van der Waals surface area contributed by atoms with Crippen molar-refractivity contribution >= 4 is 21.4 Å². The number of cyclic esters (lactones) is 1. The zero-order valence-corrected chi connectivity index (χ0v) is 14.4. The maximum Gasteiger partial charge on any atom is 0.374 e. The van der Waals surface area contributed by atoms with Crippen LogP contribution in [0.1, 0.15) is 26.3 Å². The Morgan fingerprint density at radius 1 is 1.26 bits per heavy atom. The van der Waals surface area contributed by atoms with Crippen molar-refractivity contribution in [1.82, 2.24) is 0 Å². The molecule has 1 aliphatic heterocycles. The number of hydrogen-bond acceptors (Lipinski definition) is 5. The van der Waals surface area contributed by atoms with E-state index in [9.17, 15) is 13.2 Å². The van der Waals surface area contributed by atoms with Crippen molar-refractivity contribution in [3.05, 3.63) is 48.2 Å². The Labute approximate surface area is 136 Å². The Balaban J connectivity index is 2.54. The Morgan fingerprint density at radius 3 is 2.30 bits per heavy atom. The molecule has 1 heterocycles. The minimum Gasteiger partial charge on any atom is -0.479 e. The number of esters is 1. The van der Waals surface area contributed by atoms with E-state index in [0.717, 1.165) is 6.26 Å². The fraction of sp³-hybridized carbons (Fsp3) is 0.353. The first kappa shape index (κ1) is 17.3. The molecule has 0 aliphatic carbocycles. The first-order valence-corrected chi connectivity index (χ1v) is 9.03. The van der Waals surface area contributed by atoms with E-state index in [1.165, 1.54) is 12.1 Å². The normalized spacial score (nSPS) is 18.5. The number of ether oxygens (including phenoxy) is 2. The van der Waals surface area contributed by atoms with Crippen LogP contribution in [0.2, 0.25) is 0 Å². The summed E-state index contributed by atoms with van der Waals surface area (Å²) >= 11 is 0. The summed E-state index contributed by atoms with van der Waals surface area (Å²) in [4.78, 5) is 12.3. The Bertz CT molecular complexity index is 770. The van der Waals surface area contributed by atoms with Crippen molar-refractivity contribution < 1.29 is 22.7 Å². The van der Waals surface area contributed by atoms with Crippen molar-refractivity contribution in [2.75, 3.05) is 6.26 Å². The standard InChI is InChI=1S/C17H20O5S/c1-6-11(2)21-15-14(17(3,4)22-16(15)18)12-7-9-13(10-8-12)23(5,19)20/h6-11H,1H2,2-5H3. The first-order valence-electron chi connectivity index (χ1n) is 7.14. The van der Waals surface area contributed by atoms with Crippen LogP contribution in [0.4, 0.5) is 0 Å². The number of rotatable bonds is 5. The summed E-state index contributed by atoms with van der Waals surface area (Å²) in [7, 11) is -3.28. The van der Waals surface area contributed by atoms with Crippen molar-refractivity contribution in [3.63, 3.8) is 0 Å². The van der Waals surface area contributed by atoms with Crippen LogP contribution in [0.25, 0.3) is 5.57 Å². The van der Waals surface area contributed by atoms with Crippen molar-refractivity contribution in [2.45, 2.75) is 37.4 Å². The Morgan fingerprint density at radius 2 is 1.83 bits per heavy atom. The third-order valence-electron chi connectivity index (χ3n) is 3.57. The van der Waals surface area contributed by atoms with E-state index in [0.29, 0.717) is 11.1 Å². The van der Waals surface area contributed by atoms with Gasteiger partial charge in [0.05, 0.1) is 10.5 Å². The highest BCUT2D eigenvalue weighted by Gasteiger charge is 2.43. The first-order chi connectivity index (χ1) is 10.6. The second kappa shape index (κ2) is 5.85. The average molecular weight is 336 g/mol. The van der Waals surface area contributed by atoms with Gasteiger partial charge in [-0.05, 0) is 38.5 Å². The molecule has 0 spiro atoms. The lowest BCUT2D eigenvalue weighted by molar-refractivity contribution is -0.147. The summed E-state index contributed by atoms with van der Waals surface area (Å²) < 4.78 is 34.2. The van der Waals surface area contributed by atoms with Gasteiger partial charge in [-0.25, -0.2) is 13.2 Å². The van der Waals surface area contributed by atoms with E-state index in [-0.39, 0.29) is 16.8 Å². The molecule has 124 valence electrons. The molecule has 6 heteroatoms. The zero-order valence-electron chi connectivity index (χ0n) is 13.6. The molecule has 2 rings (SSSR count). The fourth-order valence-corrected chi connectivity index (χ4v) is 3.02. The summed E-state index contributed by atoms with van der Waals surface area (Å²) in [6.45, 7) is 8.93. The molecule has 1 aromatic rings. The third-order valence-corrected chi connectivity index (χ3v) is 4.70. The van der Waals surface area contributed by atoms with Crippen LogP contribution in [0, 0.1) is 0 Å². The van der Waals surface area contributed by atoms with Gasteiger partial charge in [0.1, 0.15) is 11.7 Å². The molecule has 0 aromatic heterocycles. The molecule has 0 fully saturated rings. The Hall–Kier alpha value is -2.08. The van der Waals surface area contributed by atoms with Crippen LogP contribution >= 0.6 is 0 Å². The van der Waals surface area contributed by atoms with Gasteiger partial charge in [0, 0.05) is 6.26 Å². The number of carbonyl (C=O) groups excluding carboxylic acids is 1. The van der Waals surface area contributed by atoms with Crippen LogP contribution in [0.15, 0.2) is 47.6 Å². The smallest absolute Gasteiger partial charge is 0.374 e. The molecule has 0 radical (unpaired) electrons. The summed E-state index contributed by atoms with van der Waals surface area (Å²) in [5.41, 5.74) is 0.413. The molecular formula is C17H20O5S. The van der Waals surface area contributed by atoms with Crippen LogP contribution < -0.4 is 0 Å². The van der Waals surface area contributed by atoms with Gasteiger partial charge in [-0.1, -0.05) is 24.8 Å². The van der Waals surface area contributed by atoms with Gasteiger partial charge in [0.25, 0.3) is 0 Å². The lowest BCUT2D eigenvalue weighted by atomic mass is 9.92. The molecule has 1 atom stereocenters. The SMILES string of the molecule is C=CC(C)OC1=C(c2ccc(S(C)(=O)=O)cc2)C(C)(C)OC1=O. The summed E-state index contributed by atoms with van der Waals surface area (Å²) in [5.74, 6) is -0.402. The molecule has 1 aliphatic rings. The second-order valence-corrected chi connectivity index (χ2v) is 7.97. The van der Waals surface area contributed by atoms with Gasteiger partial charge in [-0.3, -0.25) is 0 Å². The monoisotopic (exact) mass is 336 g/mol. The third kappa shape index (κ3) is 3.47. The van der Waals surface area contributed by atoms with Crippen molar-refractivity contribution in [2.24, 2.45) is 0 Å². The fourth-order valence-electron chi connectivity index (χ4n) is 2.39. The van der Waals surface area contributed by atoms with Gasteiger partial charge in [0.2, 0.25) is 5.76 Å². The van der Waals surface area contributed by atoms with E-state index in [2.05, 4.69) is 6.58 Å². The summed E-state index contributed by atoms with van der Waals surface area (Å²) in [5, 5.41) is 0. The maximum atomic E-state index is 12.1. The lowest BCUT2D eigenvalue weighted by Gasteiger charge is -2.21. The highest BCUT2D eigenvalue weighted by Crippen LogP contribution is 2.40. The van der Waals surface area contributed by atoms with Crippen LogP contribution in [0.3, 0.4) is 0 Å². The van der Waals surface area contributed by atoms with Gasteiger partial charge in [0.15, 0.2) is 9.84 Å². The van der Waals surface area contributed by atoms with Crippen LogP contribution in [-0.4, -0.2) is 32.3 Å². The van der Waals surface area contributed by atoms with E-state index in [1.54, 1.807) is 39.0 Å². The number of carbonyl (C=O) groups is 1. The van der Waals surface area contributed by atoms with Gasteiger partial charge in [-0.2, -0.15) is 0 Å². The van der Waals surface area contributed by atoms with Crippen LogP contribution in [-0.2, 0) is 24.1 Å². The number of sulfone groups is 1. The summed E-state index contributed by atoms with van der Waals surface area (Å²) in [6, 6.07) is 6.31. The highest BCUT2D eigenvalue weighted by molar-refractivity contribution is 7.90. The van der Waals surface area contributed by atoms with Crippen molar-refractivity contribution in [1.29, 1.82) is 0 Å². The zero-order chi connectivity index (χ0) is 17.4. The van der Waals surface area contributed by atoms with E-state index < -0.39 is 21.4 Å². The highest BCUT2D eigenvalue weighted by atomic mass is 32.2. The molecule has 23 heavy (non-hydrogen) atoms. The largest absolute Gasteiger partial charge is 0.479 e. The van der Waals surface area contributed by atoms with Crippen molar-refractivity contribution in [3.8, 4) is 0 Å². The van der Waals surface area contributed by atoms with Gasteiger partial charge >= 0.3 is 5.97 Å². The predicted octanol–water partition coefficient (Wildman–Crippen LogP) is 2.73. The lowest BCUT2D eigenvalue weighted by Crippen LogP contribution is -2.22. The molecule has 1 aromatic carbocycles. The minimum atomic E-state index is -3.28. The van der Waals surface area contributed by atoms with Gasteiger partial charge < -0.3 is 9.47 Å². The molecule has 0 bridgehead atoms. The molecule has 5 nitrogen and oxygen atoms in total. The minimum absolute atomic E-state index is 0.134. The predicted molar refractivity (Wildman–Crippen MR) is 87.4 cm³/mol. The van der Waals surface area contributed by atoms with Gasteiger partial charge in [-0.15, -0.1) is 0 Å². The second-order valence-electron chi connectivity index (χ2n) is 5.96. The number of hydrogen-bond donors (Lipinski definition) is 0. The summed E-state index contributed by atoms with van der Waals surface area (Å²) in [6.07, 6.45) is 2.38. The topological polar surface area (TPSA) is 69.7 Å². The maximum absolute atomic E-state index is 12.1. The van der Waals surface area contributed by atoms with E-state index in [4.69, 9.17) is 9.47 Å². The molecule has 0 saturated heterocycles. The van der Waals surface area contributed by atoms with E-state index in [1.807, 2.05) is 0 Å². The Kier molecular flexibility index (Phi) is 4.39. The quantitative estimate of drug-likeness (QED) is 0.611.